The summed E-state index contributed by atoms with van der Waals surface area (Å²) >= 11 is 0. The zero-order chi connectivity index (χ0) is 18.6. The van der Waals surface area contributed by atoms with Gasteiger partial charge in [-0.25, -0.2) is 4.39 Å². The van der Waals surface area contributed by atoms with Crippen LogP contribution in [-0.4, -0.2) is 18.5 Å². The molecule has 1 fully saturated rings. The molecule has 1 aliphatic rings. The van der Waals surface area contributed by atoms with Crippen molar-refractivity contribution in [1.82, 2.24) is 10.6 Å². The van der Waals surface area contributed by atoms with Gasteiger partial charge < -0.3 is 10.1 Å². The van der Waals surface area contributed by atoms with E-state index in [4.69, 9.17) is 4.74 Å². The lowest BCUT2D eigenvalue weighted by Gasteiger charge is -2.27. The molecule has 5 heteroatoms. The van der Waals surface area contributed by atoms with Crippen molar-refractivity contribution in [2.75, 3.05) is 7.05 Å². The van der Waals surface area contributed by atoms with Crippen molar-refractivity contribution >= 4 is 5.91 Å². The molecule has 2 atom stereocenters. The minimum Gasteiger partial charge on any atom is -0.489 e. The summed E-state index contributed by atoms with van der Waals surface area (Å²) < 4.78 is 19.3. The number of likely N-dealkylation sites (N-methyl/N-ethyl adjacent to an activating group) is 1. The van der Waals surface area contributed by atoms with Gasteiger partial charge in [-0.15, -0.1) is 0 Å². The van der Waals surface area contributed by atoms with Crippen LogP contribution in [0.3, 0.4) is 0 Å². The van der Waals surface area contributed by atoms with Crippen molar-refractivity contribution in [2.45, 2.75) is 44.4 Å². The van der Waals surface area contributed by atoms with Gasteiger partial charge in [0.25, 0.3) is 0 Å². The van der Waals surface area contributed by atoms with Crippen LogP contribution in [0.25, 0.3) is 0 Å². The first-order chi connectivity index (χ1) is 12.6. The van der Waals surface area contributed by atoms with Crippen LogP contribution in [0, 0.1) is 5.82 Å². The number of nitrogens with one attached hydrogen (secondary N) is 2. The van der Waals surface area contributed by atoms with E-state index in [1.165, 1.54) is 6.07 Å². The monoisotopic (exact) mass is 356 g/mol. The summed E-state index contributed by atoms with van der Waals surface area (Å²) in [6, 6.07) is 14.5. The zero-order valence-electron chi connectivity index (χ0n) is 15.2. The molecule has 0 spiro atoms. The number of carbonyl (C=O) groups excluding carboxylic acids is 1. The Kier molecular flexibility index (Phi) is 5.57. The molecule has 0 radical (unpaired) electrons. The van der Waals surface area contributed by atoms with E-state index in [9.17, 15) is 9.18 Å². The number of halogens is 1. The number of carbonyl (C=O) groups is 1. The molecule has 0 aliphatic carbocycles. The standard InChI is InChI=1S/C21H25FN2O2/c1-3-21(20(25)23-2)13-12-19(24-21)15-8-10-17(11-9-15)26-14-16-6-4-5-7-18(16)22/h4-11,19,24H,3,12-14H2,1-2H3,(H,23,25)/t19-,21-/m0/s1. The van der Waals surface area contributed by atoms with Crippen molar-refractivity contribution in [1.29, 1.82) is 0 Å². The van der Waals surface area contributed by atoms with Gasteiger partial charge in [-0.3, -0.25) is 10.1 Å². The minimum absolute atomic E-state index is 0.0485. The Morgan fingerprint density at radius 1 is 1.27 bits per heavy atom. The smallest absolute Gasteiger partial charge is 0.240 e. The Hall–Kier alpha value is -2.40. The third-order valence-corrected chi connectivity index (χ3v) is 5.21. The third kappa shape index (κ3) is 3.73. The van der Waals surface area contributed by atoms with Gasteiger partial charge >= 0.3 is 0 Å². The predicted octanol–water partition coefficient (Wildman–Crippen LogP) is 3.72. The van der Waals surface area contributed by atoms with E-state index >= 15 is 0 Å². The van der Waals surface area contributed by atoms with Crippen molar-refractivity contribution in [3.63, 3.8) is 0 Å². The fourth-order valence-electron chi connectivity index (χ4n) is 3.55. The molecule has 2 aromatic rings. The molecule has 138 valence electrons. The fourth-order valence-corrected chi connectivity index (χ4v) is 3.55. The summed E-state index contributed by atoms with van der Waals surface area (Å²) in [4.78, 5) is 12.2. The van der Waals surface area contributed by atoms with Gasteiger partial charge in [-0.1, -0.05) is 37.3 Å². The second-order valence-corrected chi connectivity index (χ2v) is 6.70. The minimum atomic E-state index is -0.487. The van der Waals surface area contributed by atoms with Crippen LogP contribution in [0.1, 0.15) is 43.4 Å². The van der Waals surface area contributed by atoms with Gasteiger partial charge in [0, 0.05) is 18.7 Å². The van der Waals surface area contributed by atoms with E-state index in [0.717, 1.165) is 24.8 Å². The molecule has 0 saturated carbocycles. The van der Waals surface area contributed by atoms with Crippen LogP contribution in [0.2, 0.25) is 0 Å². The maximum Gasteiger partial charge on any atom is 0.240 e. The number of benzene rings is 2. The average Bonchev–Trinajstić information content (AvgIpc) is 3.13. The maximum atomic E-state index is 13.6. The van der Waals surface area contributed by atoms with Crippen molar-refractivity contribution in [3.8, 4) is 5.75 Å². The van der Waals surface area contributed by atoms with E-state index < -0.39 is 5.54 Å². The number of hydrogen-bond acceptors (Lipinski definition) is 3. The molecule has 0 aromatic heterocycles. The second kappa shape index (κ2) is 7.87. The predicted molar refractivity (Wildman–Crippen MR) is 99.4 cm³/mol. The van der Waals surface area contributed by atoms with Crippen LogP contribution >= 0.6 is 0 Å². The van der Waals surface area contributed by atoms with Gasteiger partial charge in [0.05, 0.1) is 5.54 Å². The molecule has 1 saturated heterocycles. The third-order valence-electron chi connectivity index (χ3n) is 5.21. The van der Waals surface area contributed by atoms with Crippen molar-refractivity contribution in [3.05, 3.63) is 65.5 Å². The molecule has 2 N–H and O–H groups in total. The van der Waals surface area contributed by atoms with Crippen LogP contribution in [0.15, 0.2) is 48.5 Å². The summed E-state index contributed by atoms with van der Waals surface area (Å²) in [7, 11) is 1.68. The molecule has 1 heterocycles. The maximum absolute atomic E-state index is 13.6. The lowest BCUT2D eigenvalue weighted by molar-refractivity contribution is -0.126. The first kappa shape index (κ1) is 18.4. The Labute approximate surface area is 153 Å². The van der Waals surface area contributed by atoms with Crippen LogP contribution in [-0.2, 0) is 11.4 Å². The Balaban J connectivity index is 1.63. The Bertz CT molecular complexity index is 763. The Morgan fingerprint density at radius 3 is 2.65 bits per heavy atom. The van der Waals surface area contributed by atoms with E-state index in [1.54, 1.807) is 25.2 Å². The highest BCUT2D eigenvalue weighted by Gasteiger charge is 2.43. The molecule has 0 bridgehead atoms. The molecule has 1 amide bonds. The molecule has 1 aliphatic heterocycles. The zero-order valence-corrected chi connectivity index (χ0v) is 15.2. The van der Waals surface area contributed by atoms with E-state index in [-0.39, 0.29) is 24.4 Å². The first-order valence-corrected chi connectivity index (χ1v) is 9.04. The SMILES string of the molecule is CC[C@@]1(C(=O)NC)CC[C@@H](c2ccc(OCc3ccccc3F)cc2)N1. The molecular formula is C21H25FN2O2. The summed E-state index contributed by atoms with van der Waals surface area (Å²) in [5, 5.41) is 6.27. The highest BCUT2D eigenvalue weighted by atomic mass is 19.1. The van der Waals surface area contributed by atoms with Gasteiger partial charge in [0.2, 0.25) is 5.91 Å². The van der Waals surface area contributed by atoms with E-state index in [2.05, 4.69) is 10.6 Å². The lowest BCUT2D eigenvalue weighted by atomic mass is 9.93. The molecule has 26 heavy (non-hydrogen) atoms. The topological polar surface area (TPSA) is 50.4 Å². The molecule has 4 nitrogen and oxygen atoms in total. The normalized spacial score (nSPS) is 22.2. The lowest BCUT2D eigenvalue weighted by Crippen LogP contribution is -2.52. The first-order valence-electron chi connectivity index (χ1n) is 9.04. The highest BCUT2D eigenvalue weighted by Crippen LogP contribution is 2.35. The summed E-state index contributed by atoms with van der Waals surface area (Å²) in [6.07, 6.45) is 2.49. The number of ether oxygens (including phenoxy) is 1. The molecule has 2 aromatic carbocycles. The molecule has 0 unspecified atom stereocenters. The van der Waals surface area contributed by atoms with E-state index in [0.29, 0.717) is 11.3 Å². The van der Waals surface area contributed by atoms with Gasteiger partial charge in [0.1, 0.15) is 18.2 Å². The summed E-state index contributed by atoms with van der Waals surface area (Å²) in [5.41, 5.74) is 1.18. The van der Waals surface area contributed by atoms with Gasteiger partial charge in [0.15, 0.2) is 0 Å². The van der Waals surface area contributed by atoms with Crippen molar-refractivity contribution < 1.29 is 13.9 Å². The van der Waals surface area contributed by atoms with Crippen molar-refractivity contribution in [2.24, 2.45) is 0 Å². The number of hydrogen-bond donors (Lipinski definition) is 2. The second-order valence-electron chi connectivity index (χ2n) is 6.70. The summed E-state index contributed by atoms with van der Waals surface area (Å²) in [6.45, 7) is 2.23. The van der Waals surface area contributed by atoms with Crippen LogP contribution < -0.4 is 15.4 Å². The molecular weight excluding hydrogens is 331 g/mol. The highest BCUT2D eigenvalue weighted by molar-refractivity contribution is 5.86. The fraction of sp³-hybridized carbons (Fsp3) is 0.381. The summed E-state index contributed by atoms with van der Waals surface area (Å²) in [5.74, 6) is 0.486. The van der Waals surface area contributed by atoms with Gasteiger partial charge in [-0.2, -0.15) is 0 Å². The Morgan fingerprint density at radius 2 is 2.00 bits per heavy atom. The van der Waals surface area contributed by atoms with E-state index in [1.807, 2.05) is 31.2 Å². The largest absolute Gasteiger partial charge is 0.489 e. The molecule has 3 rings (SSSR count). The average molecular weight is 356 g/mol. The van der Waals surface area contributed by atoms with Crippen LogP contribution in [0.4, 0.5) is 4.39 Å². The quantitative estimate of drug-likeness (QED) is 0.829. The van der Waals surface area contributed by atoms with Gasteiger partial charge in [-0.05, 0) is 43.0 Å². The number of rotatable bonds is 6. The number of amides is 1. The van der Waals surface area contributed by atoms with Crippen LogP contribution in [0.5, 0.6) is 5.75 Å².